The normalized spacial score (nSPS) is 16.2. The van der Waals surface area contributed by atoms with Crippen molar-refractivity contribution in [3.63, 3.8) is 0 Å². The lowest BCUT2D eigenvalue weighted by Crippen LogP contribution is -2.37. The lowest BCUT2D eigenvalue weighted by Gasteiger charge is -2.25. The second-order valence-corrected chi connectivity index (χ2v) is 9.25. The third-order valence-corrected chi connectivity index (χ3v) is 7.02. The summed E-state index contributed by atoms with van der Waals surface area (Å²) in [6, 6.07) is 12.6. The number of carbonyl (C=O) groups excluding carboxylic acids is 1. The Morgan fingerprint density at radius 1 is 1.24 bits per heavy atom. The van der Waals surface area contributed by atoms with Gasteiger partial charge in [0.05, 0.1) is 24.8 Å². The van der Waals surface area contributed by atoms with Crippen LogP contribution in [0.15, 0.2) is 47.2 Å². The molecule has 1 saturated heterocycles. The van der Waals surface area contributed by atoms with E-state index in [4.69, 9.17) is 9.72 Å². The van der Waals surface area contributed by atoms with Crippen LogP contribution in [-0.4, -0.2) is 35.0 Å². The van der Waals surface area contributed by atoms with Gasteiger partial charge in [-0.15, -0.1) is 22.7 Å². The molecule has 1 aliphatic heterocycles. The average Bonchev–Trinajstić information content (AvgIpc) is 3.51. The number of benzene rings is 1. The summed E-state index contributed by atoms with van der Waals surface area (Å²) in [5, 5.41) is 5.04. The van der Waals surface area contributed by atoms with Crippen LogP contribution in [0.2, 0.25) is 0 Å². The number of hydrogen-bond donors (Lipinski definition) is 0. The number of amides is 1. The van der Waals surface area contributed by atoms with Crippen molar-refractivity contribution in [3.05, 3.63) is 63.3 Å². The Hall–Kier alpha value is -2.02. The maximum absolute atomic E-state index is 13.1. The first-order valence-electron chi connectivity index (χ1n) is 10.2. The van der Waals surface area contributed by atoms with Crippen molar-refractivity contribution in [2.24, 2.45) is 0 Å². The minimum absolute atomic E-state index is 0.118. The zero-order chi connectivity index (χ0) is 20.1. The van der Waals surface area contributed by atoms with E-state index in [0.717, 1.165) is 42.1 Å². The predicted octanol–water partition coefficient (Wildman–Crippen LogP) is 5.18. The number of hydrogen-bond acceptors (Lipinski definition) is 5. The Balaban J connectivity index is 1.44. The first-order valence-corrected chi connectivity index (χ1v) is 11.9. The summed E-state index contributed by atoms with van der Waals surface area (Å²) in [4.78, 5) is 21.0. The molecule has 6 heteroatoms. The van der Waals surface area contributed by atoms with Crippen LogP contribution in [0.4, 0.5) is 0 Å². The summed E-state index contributed by atoms with van der Waals surface area (Å²) in [6.07, 6.45) is 3.63. The van der Waals surface area contributed by atoms with Gasteiger partial charge in [-0.1, -0.05) is 37.3 Å². The minimum atomic E-state index is 0.118. The van der Waals surface area contributed by atoms with E-state index in [1.54, 1.807) is 22.7 Å². The molecule has 2 aromatic heterocycles. The summed E-state index contributed by atoms with van der Waals surface area (Å²) < 4.78 is 5.78. The highest BCUT2D eigenvalue weighted by molar-refractivity contribution is 7.13. The first kappa shape index (κ1) is 20.3. The number of ether oxygens (including phenoxy) is 1. The van der Waals surface area contributed by atoms with Crippen molar-refractivity contribution in [1.29, 1.82) is 0 Å². The first-order chi connectivity index (χ1) is 14.2. The number of nitrogens with zero attached hydrogens (tertiary/aromatic N) is 2. The molecule has 4 rings (SSSR count). The molecule has 0 aliphatic carbocycles. The second-order valence-electron chi connectivity index (χ2n) is 7.36. The molecule has 3 heterocycles. The van der Waals surface area contributed by atoms with Crippen molar-refractivity contribution in [2.45, 2.75) is 45.3 Å². The molecule has 0 radical (unpaired) electrons. The van der Waals surface area contributed by atoms with E-state index in [9.17, 15) is 4.79 Å². The number of aromatic nitrogens is 1. The molecule has 3 aromatic rings. The molecule has 1 aromatic carbocycles. The highest BCUT2D eigenvalue weighted by atomic mass is 32.1. The lowest BCUT2D eigenvalue weighted by atomic mass is 10.1. The minimum Gasteiger partial charge on any atom is -0.376 e. The number of rotatable bonds is 8. The molecule has 1 atom stereocenters. The van der Waals surface area contributed by atoms with Crippen molar-refractivity contribution < 1.29 is 9.53 Å². The molecule has 0 saturated carbocycles. The maximum atomic E-state index is 13.1. The topological polar surface area (TPSA) is 42.4 Å². The fourth-order valence-electron chi connectivity index (χ4n) is 3.55. The fraction of sp³-hybridized carbons (Fsp3) is 0.391. The molecule has 4 nitrogen and oxygen atoms in total. The van der Waals surface area contributed by atoms with Crippen LogP contribution in [0.25, 0.3) is 10.6 Å². The molecule has 0 spiro atoms. The van der Waals surface area contributed by atoms with E-state index >= 15 is 0 Å². The van der Waals surface area contributed by atoms with Gasteiger partial charge in [0.25, 0.3) is 0 Å². The molecular weight excluding hydrogens is 400 g/mol. The van der Waals surface area contributed by atoms with Crippen LogP contribution in [0, 0.1) is 0 Å². The summed E-state index contributed by atoms with van der Waals surface area (Å²) in [5.41, 5.74) is 3.28. The number of carbonyl (C=O) groups is 1. The van der Waals surface area contributed by atoms with Gasteiger partial charge in [-0.3, -0.25) is 4.79 Å². The van der Waals surface area contributed by atoms with Gasteiger partial charge in [0.2, 0.25) is 5.91 Å². The van der Waals surface area contributed by atoms with E-state index in [-0.39, 0.29) is 12.0 Å². The van der Waals surface area contributed by atoms with Gasteiger partial charge >= 0.3 is 0 Å². The zero-order valence-corrected chi connectivity index (χ0v) is 18.3. The average molecular weight is 427 g/mol. The predicted molar refractivity (Wildman–Crippen MR) is 119 cm³/mol. The largest absolute Gasteiger partial charge is 0.376 e. The van der Waals surface area contributed by atoms with E-state index in [0.29, 0.717) is 19.5 Å². The van der Waals surface area contributed by atoms with Gasteiger partial charge in [0, 0.05) is 29.0 Å². The van der Waals surface area contributed by atoms with E-state index in [1.165, 1.54) is 10.4 Å². The van der Waals surface area contributed by atoms with Crippen LogP contribution in [-0.2, 0) is 28.9 Å². The van der Waals surface area contributed by atoms with Gasteiger partial charge in [-0.2, -0.15) is 0 Å². The zero-order valence-electron chi connectivity index (χ0n) is 16.7. The summed E-state index contributed by atoms with van der Waals surface area (Å²) in [7, 11) is 0. The van der Waals surface area contributed by atoms with Gasteiger partial charge in [0.15, 0.2) is 0 Å². The Bertz CT molecular complexity index is 913. The summed E-state index contributed by atoms with van der Waals surface area (Å²) in [5.74, 6) is 0.118. The molecule has 1 unspecified atom stereocenters. The maximum Gasteiger partial charge on any atom is 0.229 e. The lowest BCUT2D eigenvalue weighted by molar-refractivity contribution is -0.132. The molecule has 1 amide bonds. The van der Waals surface area contributed by atoms with Crippen LogP contribution in [0.1, 0.15) is 35.9 Å². The van der Waals surface area contributed by atoms with Gasteiger partial charge in [-0.25, -0.2) is 4.98 Å². The monoisotopic (exact) mass is 426 g/mol. The van der Waals surface area contributed by atoms with Crippen LogP contribution < -0.4 is 0 Å². The van der Waals surface area contributed by atoms with Crippen molar-refractivity contribution >= 4 is 28.6 Å². The quantitative estimate of drug-likeness (QED) is 0.498. The highest BCUT2D eigenvalue weighted by Crippen LogP contribution is 2.25. The number of aryl methyl sites for hydroxylation is 1. The molecule has 1 aliphatic rings. The SMILES string of the molecule is CCc1ccc(-c2nc(CC(=O)N(Cc3cccs3)CC3CCCO3)cs2)cc1. The van der Waals surface area contributed by atoms with Crippen molar-refractivity contribution in [2.75, 3.05) is 13.2 Å². The van der Waals surface area contributed by atoms with Crippen LogP contribution >= 0.6 is 22.7 Å². The van der Waals surface area contributed by atoms with E-state index < -0.39 is 0 Å². The van der Waals surface area contributed by atoms with Crippen LogP contribution in [0.3, 0.4) is 0 Å². The Morgan fingerprint density at radius 3 is 2.79 bits per heavy atom. The molecule has 0 bridgehead atoms. The van der Waals surface area contributed by atoms with E-state index in [2.05, 4.69) is 42.6 Å². The summed E-state index contributed by atoms with van der Waals surface area (Å²) in [6.45, 7) is 4.26. The summed E-state index contributed by atoms with van der Waals surface area (Å²) >= 11 is 3.29. The third-order valence-electron chi connectivity index (χ3n) is 5.22. The third kappa shape index (κ3) is 5.32. The highest BCUT2D eigenvalue weighted by Gasteiger charge is 2.23. The molecule has 0 N–H and O–H groups in total. The van der Waals surface area contributed by atoms with Gasteiger partial charge in [0.1, 0.15) is 5.01 Å². The number of thiophene rings is 1. The fourth-order valence-corrected chi connectivity index (χ4v) is 5.10. The molecule has 29 heavy (non-hydrogen) atoms. The Labute approximate surface area is 180 Å². The van der Waals surface area contributed by atoms with Crippen molar-refractivity contribution in [1.82, 2.24) is 9.88 Å². The van der Waals surface area contributed by atoms with Crippen molar-refractivity contribution in [3.8, 4) is 10.6 Å². The molecule has 152 valence electrons. The van der Waals surface area contributed by atoms with Gasteiger partial charge in [-0.05, 0) is 36.3 Å². The smallest absolute Gasteiger partial charge is 0.229 e. The Morgan fingerprint density at radius 2 is 2.10 bits per heavy atom. The molecule has 1 fully saturated rings. The Kier molecular flexibility index (Phi) is 6.74. The standard InChI is InChI=1S/C23H26N2O2S2/c1-2-17-7-9-18(10-8-17)23-24-19(16-29-23)13-22(26)25(14-20-5-3-11-27-20)15-21-6-4-12-28-21/h4,6-10,12,16,20H,2-3,5,11,13-15H2,1H3. The van der Waals surface area contributed by atoms with E-state index in [1.807, 2.05) is 16.3 Å². The number of thiazole rings is 1. The van der Waals surface area contributed by atoms with Gasteiger partial charge < -0.3 is 9.64 Å². The molecular formula is C23H26N2O2S2. The van der Waals surface area contributed by atoms with Crippen LogP contribution in [0.5, 0.6) is 0 Å². The second kappa shape index (κ2) is 9.65.